The van der Waals surface area contributed by atoms with E-state index in [0.29, 0.717) is 12.3 Å². The van der Waals surface area contributed by atoms with E-state index in [1.807, 2.05) is 77.1 Å². The molecule has 2 aromatic carbocycles. The summed E-state index contributed by atoms with van der Waals surface area (Å²) in [5, 5.41) is 2.89. The van der Waals surface area contributed by atoms with Crippen molar-refractivity contribution in [3.05, 3.63) is 64.7 Å². The number of benzene rings is 2. The molecular formula is C24H32N2O3. The van der Waals surface area contributed by atoms with Crippen LogP contribution in [-0.4, -0.2) is 35.4 Å². The molecule has 0 aliphatic rings. The standard InChI is InChI=1S/C24H32N2O3/c1-16(2)25-24(28)20(6)26(14-21-9-7-8-17(3)13-21)23(27)15-29-22-11-10-18(4)12-19(22)5/h7-13,16,20H,14-15H2,1-6H3,(H,25,28). The summed E-state index contributed by atoms with van der Waals surface area (Å²) in [6.07, 6.45) is 0. The lowest BCUT2D eigenvalue weighted by molar-refractivity contribution is -0.142. The van der Waals surface area contributed by atoms with Crippen molar-refractivity contribution in [1.82, 2.24) is 10.2 Å². The van der Waals surface area contributed by atoms with Gasteiger partial charge in [0.2, 0.25) is 5.91 Å². The number of nitrogens with zero attached hydrogens (tertiary/aromatic N) is 1. The first kappa shape index (κ1) is 22.5. The van der Waals surface area contributed by atoms with Gasteiger partial charge in [-0.05, 0) is 58.7 Å². The number of carbonyl (C=O) groups is 2. The Bertz CT molecular complexity index is 861. The molecule has 2 aromatic rings. The fourth-order valence-electron chi connectivity index (χ4n) is 3.18. The van der Waals surface area contributed by atoms with Crippen LogP contribution in [-0.2, 0) is 16.1 Å². The van der Waals surface area contributed by atoms with E-state index < -0.39 is 6.04 Å². The first-order valence-corrected chi connectivity index (χ1v) is 10.0. The Morgan fingerprint density at radius 3 is 2.31 bits per heavy atom. The average Bonchev–Trinajstić information content (AvgIpc) is 2.64. The Kier molecular flexibility index (Phi) is 7.82. The van der Waals surface area contributed by atoms with Crippen molar-refractivity contribution < 1.29 is 14.3 Å². The maximum atomic E-state index is 13.0. The van der Waals surface area contributed by atoms with Gasteiger partial charge in [-0.2, -0.15) is 0 Å². The van der Waals surface area contributed by atoms with Crippen molar-refractivity contribution in [2.75, 3.05) is 6.61 Å². The summed E-state index contributed by atoms with van der Waals surface area (Å²) < 4.78 is 5.78. The Balaban J connectivity index is 2.17. The van der Waals surface area contributed by atoms with Crippen LogP contribution in [0.5, 0.6) is 5.75 Å². The molecule has 0 aliphatic heterocycles. The third-order valence-corrected chi connectivity index (χ3v) is 4.72. The molecule has 5 heteroatoms. The molecule has 1 atom stereocenters. The lowest BCUT2D eigenvalue weighted by Gasteiger charge is -2.29. The van der Waals surface area contributed by atoms with Crippen LogP contribution in [0.3, 0.4) is 0 Å². The molecule has 0 saturated heterocycles. The van der Waals surface area contributed by atoms with Crippen molar-refractivity contribution in [2.24, 2.45) is 0 Å². The van der Waals surface area contributed by atoms with Gasteiger partial charge in [0.05, 0.1) is 0 Å². The van der Waals surface area contributed by atoms with Gasteiger partial charge >= 0.3 is 0 Å². The van der Waals surface area contributed by atoms with Crippen LogP contribution >= 0.6 is 0 Å². The zero-order chi connectivity index (χ0) is 21.6. The summed E-state index contributed by atoms with van der Waals surface area (Å²) in [4.78, 5) is 27.2. The largest absolute Gasteiger partial charge is 0.483 e. The van der Waals surface area contributed by atoms with Gasteiger partial charge in [-0.25, -0.2) is 0 Å². The maximum absolute atomic E-state index is 13.0. The molecule has 0 radical (unpaired) electrons. The number of amides is 2. The highest BCUT2D eigenvalue weighted by Gasteiger charge is 2.27. The highest BCUT2D eigenvalue weighted by molar-refractivity contribution is 5.88. The summed E-state index contributed by atoms with van der Waals surface area (Å²) in [7, 11) is 0. The first-order valence-electron chi connectivity index (χ1n) is 10.0. The third-order valence-electron chi connectivity index (χ3n) is 4.72. The maximum Gasteiger partial charge on any atom is 0.261 e. The van der Waals surface area contributed by atoms with E-state index in [4.69, 9.17) is 4.74 Å². The molecule has 2 amide bonds. The topological polar surface area (TPSA) is 58.6 Å². The lowest BCUT2D eigenvalue weighted by Crippen LogP contribution is -2.50. The molecule has 5 nitrogen and oxygen atoms in total. The second-order valence-corrected chi connectivity index (χ2v) is 7.91. The molecule has 156 valence electrons. The Labute approximate surface area is 174 Å². The third kappa shape index (κ3) is 6.63. The van der Waals surface area contributed by atoms with Crippen molar-refractivity contribution in [3.63, 3.8) is 0 Å². The second-order valence-electron chi connectivity index (χ2n) is 7.91. The van der Waals surface area contributed by atoms with Crippen LogP contribution in [0.1, 0.15) is 43.0 Å². The van der Waals surface area contributed by atoms with Gasteiger partial charge in [0.1, 0.15) is 11.8 Å². The molecule has 0 fully saturated rings. The molecule has 29 heavy (non-hydrogen) atoms. The highest BCUT2D eigenvalue weighted by Crippen LogP contribution is 2.19. The molecule has 1 unspecified atom stereocenters. The lowest BCUT2D eigenvalue weighted by atomic mass is 10.1. The minimum atomic E-state index is -0.604. The van der Waals surface area contributed by atoms with E-state index in [-0.39, 0.29) is 24.5 Å². The summed E-state index contributed by atoms with van der Waals surface area (Å²) in [5.41, 5.74) is 4.21. The van der Waals surface area contributed by atoms with Gasteiger partial charge in [-0.1, -0.05) is 47.5 Å². The smallest absolute Gasteiger partial charge is 0.261 e. The summed E-state index contributed by atoms with van der Waals surface area (Å²) in [5.74, 6) is 0.282. The summed E-state index contributed by atoms with van der Waals surface area (Å²) in [6.45, 7) is 11.8. The van der Waals surface area contributed by atoms with Gasteiger partial charge in [-0.15, -0.1) is 0 Å². The number of hydrogen-bond donors (Lipinski definition) is 1. The number of carbonyl (C=O) groups excluding carboxylic acids is 2. The molecule has 0 spiro atoms. The zero-order valence-corrected chi connectivity index (χ0v) is 18.3. The van der Waals surface area contributed by atoms with Crippen LogP contribution in [0.15, 0.2) is 42.5 Å². The van der Waals surface area contributed by atoms with Crippen LogP contribution < -0.4 is 10.1 Å². The number of hydrogen-bond acceptors (Lipinski definition) is 3. The first-order chi connectivity index (χ1) is 13.7. The number of aryl methyl sites for hydroxylation is 3. The number of nitrogens with one attached hydrogen (secondary N) is 1. The van der Waals surface area contributed by atoms with Crippen LogP contribution in [0.4, 0.5) is 0 Å². The molecule has 0 heterocycles. The monoisotopic (exact) mass is 396 g/mol. The summed E-state index contributed by atoms with van der Waals surface area (Å²) >= 11 is 0. The van der Waals surface area contributed by atoms with Crippen LogP contribution in [0.25, 0.3) is 0 Å². The molecule has 0 aromatic heterocycles. The van der Waals surface area contributed by atoms with Crippen LogP contribution in [0.2, 0.25) is 0 Å². The SMILES string of the molecule is Cc1cccc(CN(C(=O)COc2ccc(C)cc2C)C(C)C(=O)NC(C)C)c1. The predicted octanol–water partition coefficient (Wildman–Crippen LogP) is 3.93. The molecule has 0 saturated carbocycles. The van der Waals surface area contributed by atoms with Gasteiger partial charge in [-0.3, -0.25) is 9.59 Å². The van der Waals surface area contributed by atoms with E-state index >= 15 is 0 Å². The summed E-state index contributed by atoms with van der Waals surface area (Å²) in [6, 6.07) is 13.2. The van der Waals surface area contributed by atoms with Crippen molar-refractivity contribution in [2.45, 2.75) is 60.2 Å². The fourth-order valence-corrected chi connectivity index (χ4v) is 3.18. The molecule has 2 rings (SSSR count). The van der Waals surface area contributed by atoms with E-state index in [9.17, 15) is 9.59 Å². The van der Waals surface area contributed by atoms with Crippen molar-refractivity contribution >= 4 is 11.8 Å². The van der Waals surface area contributed by atoms with Gasteiger partial charge in [0, 0.05) is 12.6 Å². The van der Waals surface area contributed by atoms with Crippen LogP contribution in [0, 0.1) is 20.8 Å². The average molecular weight is 397 g/mol. The molecule has 0 aliphatic carbocycles. The predicted molar refractivity (Wildman–Crippen MR) is 116 cm³/mol. The van der Waals surface area contributed by atoms with Gasteiger partial charge < -0.3 is 15.0 Å². The second kappa shape index (κ2) is 10.1. The van der Waals surface area contributed by atoms with E-state index in [0.717, 1.165) is 22.3 Å². The Morgan fingerprint density at radius 2 is 1.69 bits per heavy atom. The molecule has 0 bridgehead atoms. The molecular weight excluding hydrogens is 364 g/mol. The number of rotatable bonds is 8. The minimum absolute atomic E-state index is 0.00679. The normalized spacial score (nSPS) is 11.8. The van der Waals surface area contributed by atoms with Crippen molar-refractivity contribution in [3.8, 4) is 5.75 Å². The quantitative estimate of drug-likeness (QED) is 0.735. The Morgan fingerprint density at radius 1 is 1.00 bits per heavy atom. The van der Waals surface area contributed by atoms with Gasteiger partial charge in [0.15, 0.2) is 6.61 Å². The van der Waals surface area contributed by atoms with Crippen molar-refractivity contribution in [1.29, 1.82) is 0 Å². The fraction of sp³-hybridized carbons (Fsp3) is 0.417. The molecule has 1 N–H and O–H groups in total. The van der Waals surface area contributed by atoms with E-state index in [1.165, 1.54) is 0 Å². The highest BCUT2D eigenvalue weighted by atomic mass is 16.5. The zero-order valence-electron chi connectivity index (χ0n) is 18.3. The van der Waals surface area contributed by atoms with E-state index in [2.05, 4.69) is 5.32 Å². The number of ether oxygens (including phenoxy) is 1. The minimum Gasteiger partial charge on any atom is -0.483 e. The van der Waals surface area contributed by atoms with E-state index in [1.54, 1.807) is 11.8 Å². The Hall–Kier alpha value is -2.82. The van der Waals surface area contributed by atoms with Gasteiger partial charge in [0.25, 0.3) is 5.91 Å².